The molecule has 0 N–H and O–H groups in total. The monoisotopic (exact) mass is 418 g/mol. The summed E-state index contributed by atoms with van der Waals surface area (Å²) in [5.41, 5.74) is 1.67. The van der Waals surface area contributed by atoms with E-state index in [9.17, 15) is 9.59 Å². The quantitative estimate of drug-likeness (QED) is 0.499. The lowest BCUT2D eigenvalue weighted by Gasteiger charge is -2.34. The van der Waals surface area contributed by atoms with Gasteiger partial charge < -0.3 is 4.90 Å². The van der Waals surface area contributed by atoms with Crippen molar-refractivity contribution < 1.29 is 4.79 Å². The van der Waals surface area contributed by atoms with Crippen molar-refractivity contribution in [3.8, 4) is 0 Å². The molecular formula is C23H22N4O2S. The van der Waals surface area contributed by atoms with Gasteiger partial charge in [-0.2, -0.15) is 5.10 Å². The molecule has 0 radical (unpaired) electrons. The first-order chi connectivity index (χ1) is 14.7. The predicted octanol–water partition coefficient (Wildman–Crippen LogP) is 4.15. The number of nitrogens with zero attached hydrogens (tertiary/aromatic N) is 4. The average Bonchev–Trinajstić information content (AvgIpc) is 3.23. The highest BCUT2D eigenvalue weighted by molar-refractivity contribution is 7.18. The van der Waals surface area contributed by atoms with Gasteiger partial charge in [-0.05, 0) is 43.5 Å². The molecule has 0 aliphatic carbocycles. The number of hydrogen-bond acceptors (Lipinski definition) is 5. The Morgan fingerprint density at radius 2 is 1.93 bits per heavy atom. The predicted molar refractivity (Wildman–Crippen MR) is 119 cm³/mol. The maximum absolute atomic E-state index is 13.2. The van der Waals surface area contributed by atoms with Gasteiger partial charge in [0.25, 0.3) is 0 Å². The van der Waals surface area contributed by atoms with E-state index in [0.29, 0.717) is 18.4 Å². The Labute approximate surface area is 177 Å². The molecule has 0 bridgehead atoms. The number of aromatic nitrogens is 3. The van der Waals surface area contributed by atoms with Crippen LogP contribution in [0.3, 0.4) is 0 Å². The van der Waals surface area contributed by atoms with Gasteiger partial charge in [-0.3, -0.25) is 14.3 Å². The first-order valence-corrected chi connectivity index (χ1v) is 11.1. The molecule has 0 saturated carbocycles. The van der Waals surface area contributed by atoms with Crippen LogP contribution in [-0.4, -0.2) is 32.1 Å². The maximum Gasteiger partial charge on any atom is 0.225 e. The fourth-order valence-electron chi connectivity index (χ4n) is 4.20. The third-order valence-corrected chi connectivity index (χ3v) is 6.86. The van der Waals surface area contributed by atoms with Gasteiger partial charge in [0.15, 0.2) is 0 Å². The Bertz CT molecular complexity index is 1250. The Morgan fingerprint density at radius 3 is 2.83 bits per heavy atom. The summed E-state index contributed by atoms with van der Waals surface area (Å²) in [5, 5.41) is 5.91. The highest BCUT2D eigenvalue weighted by atomic mass is 32.1. The van der Waals surface area contributed by atoms with E-state index >= 15 is 0 Å². The third kappa shape index (κ3) is 3.50. The molecule has 1 saturated heterocycles. The van der Waals surface area contributed by atoms with Crippen molar-refractivity contribution in [2.45, 2.75) is 38.3 Å². The molecular weight excluding hydrogens is 396 g/mol. The van der Waals surface area contributed by atoms with Gasteiger partial charge in [0.2, 0.25) is 11.3 Å². The number of carbonyl (C=O) groups excluding carboxylic acids is 1. The van der Waals surface area contributed by atoms with Gasteiger partial charge in [0.1, 0.15) is 5.01 Å². The Morgan fingerprint density at radius 1 is 1.10 bits per heavy atom. The number of thiazole rings is 1. The van der Waals surface area contributed by atoms with E-state index < -0.39 is 0 Å². The van der Waals surface area contributed by atoms with Crippen LogP contribution in [0.4, 0.5) is 0 Å². The summed E-state index contributed by atoms with van der Waals surface area (Å²) < 4.78 is 2.92. The van der Waals surface area contributed by atoms with Crippen LogP contribution in [0.5, 0.6) is 0 Å². The first kappa shape index (κ1) is 18.9. The standard InChI is InChI=1S/C23H22N4O2S/c28-20-15-24-27(18-9-3-1-7-16(18)20)14-12-22(29)26-13-6-5-10-19(26)23-25-17-8-2-4-11-21(17)30-23/h1-4,7-9,11,15,19H,5-6,10,12-14H2/t19-/m0/s1. The topological polar surface area (TPSA) is 68.1 Å². The second-order valence-corrected chi connectivity index (χ2v) is 8.68. The molecule has 1 aliphatic rings. The molecule has 1 atom stereocenters. The second kappa shape index (κ2) is 7.99. The molecule has 6 nitrogen and oxygen atoms in total. The van der Waals surface area contributed by atoms with Gasteiger partial charge in [-0.15, -0.1) is 11.3 Å². The second-order valence-electron chi connectivity index (χ2n) is 7.62. The Kier molecular flexibility index (Phi) is 5.04. The summed E-state index contributed by atoms with van der Waals surface area (Å²) in [5.74, 6) is 0.114. The number of para-hydroxylation sites is 2. The van der Waals surface area contributed by atoms with Crippen LogP contribution in [0.2, 0.25) is 0 Å². The van der Waals surface area contributed by atoms with Crippen LogP contribution in [0.1, 0.15) is 36.7 Å². The summed E-state index contributed by atoms with van der Waals surface area (Å²) in [6.45, 7) is 1.21. The number of aryl methyl sites for hydroxylation is 1. The van der Waals surface area contributed by atoms with Crippen LogP contribution in [0, 0.1) is 0 Å². The van der Waals surface area contributed by atoms with Crippen LogP contribution >= 0.6 is 11.3 Å². The molecule has 152 valence electrons. The van der Waals surface area contributed by atoms with E-state index in [2.05, 4.69) is 11.2 Å². The van der Waals surface area contributed by atoms with Crippen molar-refractivity contribution in [1.29, 1.82) is 0 Å². The van der Waals surface area contributed by atoms with Crippen molar-refractivity contribution in [3.05, 3.63) is 70.0 Å². The van der Waals surface area contributed by atoms with Gasteiger partial charge in [0, 0.05) is 18.4 Å². The summed E-state index contributed by atoms with van der Waals surface area (Å²) in [6, 6.07) is 15.6. The molecule has 5 rings (SSSR count). The van der Waals surface area contributed by atoms with Crippen molar-refractivity contribution in [2.75, 3.05) is 6.54 Å². The number of amides is 1. The number of carbonyl (C=O) groups is 1. The molecule has 30 heavy (non-hydrogen) atoms. The van der Waals surface area contributed by atoms with Crippen LogP contribution in [-0.2, 0) is 11.3 Å². The lowest BCUT2D eigenvalue weighted by molar-refractivity contribution is -0.135. The average molecular weight is 419 g/mol. The van der Waals surface area contributed by atoms with E-state index in [0.717, 1.165) is 46.5 Å². The Balaban J connectivity index is 1.37. The van der Waals surface area contributed by atoms with Crippen LogP contribution < -0.4 is 5.43 Å². The number of piperidine rings is 1. The molecule has 4 aromatic rings. The minimum absolute atomic E-state index is 0.0439. The van der Waals surface area contributed by atoms with E-state index in [1.54, 1.807) is 22.1 Å². The van der Waals surface area contributed by atoms with E-state index in [-0.39, 0.29) is 17.4 Å². The zero-order valence-corrected chi connectivity index (χ0v) is 17.3. The van der Waals surface area contributed by atoms with Crippen LogP contribution in [0.15, 0.2) is 59.5 Å². The van der Waals surface area contributed by atoms with Crippen molar-refractivity contribution in [3.63, 3.8) is 0 Å². The lowest BCUT2D eigenvalue weighted by Crippen LogP contribution is -2.39. The summed E-state index contributed by atoms with van der Waals surface area (Å²) in [4.78, 5) is 32.0. The van der Waals surface area contributed by atoms with Crippen molar-refractivity contribution in [1.82, 2.24) is 19.7 Å². The molecule has 2 aromatic heterocycles. The molecule has 0 unspecified atom stereocenters. The van der Waals surface area contributed by atoms with Gasteiger partial charge >= 0.3 is 0 Å². The number of likely N-dealkylation sites (tertiary alicyclic amines) is 1. The molecule has 2 aromatic carbocycles. The fraction of sp³-hybridized carbons (Fsp3) is 0.304. The zero-order valence-electron chi connectivity index (χ0n) is 16.5. The fourth-order valence-corrected chi connectivity index (χ4v) is 5.32. The van der Waals surface area contributed by atoms with E-state index in [4.69, 9.17) is 4.98 Å². The molecule has 1 aliphatic heterocycles. The first-order valence-electron chi connectivity index (χ1n) is 10.3. The number of fused-ring (bicyclic) bond motifs is 2. The molecule has 7 heteroatoms. The minimum Gasteiger partial charge on any atom is -0.333 e. The summed E-state index contributed by atoms with van der Waals surface area (Å²) >= 11 is 1.69. The lowest BCUT2D eigenvalue weighted by atomic mass is 10.0. The highest BCUT2D eigenvalue weighted by Gasteiger charge is 2.30. The van der Waals surface area contributed by atoms with Gasteiger partial charge in [0.05, 0.1) is 34.5 Å². The number of rotatable bonds is 4. The summed E-state index contributed by atoms with van der Waals surface area (Å²) in [6.07, 6.45) is 4.76. The number of hydrogen-bond donors (Lipinski definition) is 0. The van der Waals surface area contributed by atoms with Crippen LogP contribution in [0.25, 0.3) is 21.1 Å². The number of benzene rings is 2. The Hall–Kier alpha value is -3.06. The van der Waals surface area contributed by atoms with Gasteiger partial charge in [-0.1, -0.05) is 24.3 Å². The third-order valence-electron chi connectivity index (χ3n) is 5.72. The largest absolute Gasteiger partial charge is 0.333 e. The van der Waals surface area contributed by atoms with Crippen molar-refractivity contribution in [2.24, 2.45) is 0 Å². The summed E-state index contributed by atoms with van der Waals surface area (Å²) in [7, 11) is 0. The smallest absolute Gasteiger partial charge is 0.225 e. The maximum atomic E-state index is 13.2. The van der Waals surface area contributed by atoms with Gasteiger partial charge in [-0.25, -0.2) is 4.98 Å². The molecule has 1 amide bonds. The molecule has 0 spiro atoms. The van der Waals surface area contributed by atoms with E-state index in [1.165, 1.54) is 6.20 Å². The molecule has 1 fully saturated rings. The van der Waals surface area contributed by atoms with E-state index in [1.807, 2.05) is 41.3 Å². The normalized spacial score (nSPS) is 16.9. The minimum atomic E-state index is -0.0971. The zero-order chi connectivity index (χ0) is 20.5. The highest BCUT2D eigenvalue weighted by Crippen LogP contribution is 2.36. The van der Waals surface area contributed by atoms with Crippen molar-refractivity contribution >= 4 is 38.4 Å². The molecule has 3 heterocycles. The SMILES string of the molecule is O=C(CCn1ncc(=O)c2ccccc21)N1CCCC[C@H]1c1nc2ccccc2s1.